The second kappa shape index (κ2) is 7.45. The van der Waals surface area contributed by atoms with E-state index in [-0.39, 0.29) is 10.8 Å². The van der Waals surface area contributed by atoms with Crippen LogP contribution in [-0.2, 0) is 10.2 Å². The van der Waals surface area contributed by atoms with E-state index in [0.29, 0.717) is 12.4 Å². The number of aryl methyl sites for hydroxylation is 1. The summed E-state index contributed by atoms with van der Waals surface area (Å²) >= 11 is 5.24. The fraction of sp³-hybridized carbons (Fsp3) is 0.588. The van der Waals surface area contributed by atoms with Crippen molar-refractivity contribution in [3.63, 3.8) is 0 Å². The summed E-state index contributed by atoms with van der Waals surface area (Å²) < 4.78 is 7.13. The van der Waals surface area contributed by atoms with Crippen LogP contribution in [0.1, 0.15) is 38.3 Å². The number of aliphatic carboxylic acids is 1. The summed E-state index contributed by atoms with van der Waals surface area (Å²) in [6.45, 7) is 9.13. The van der Waals surface area contributed by atoms with Gasteiger partial charge in [-0.1, -0.05) is 36.7 Å². The number of rotatable bonds is 5. The molecule has 6 heteroatoms. The van der Waals surface area contributed by atoms with Gasteiger partial charge in [0.1, 0.15) is 11.8 Å². The Hall–Kier alpha value is -0.720. The molecule has 0 spiro atoms. The molecule has 2 atom stereocenters. The van der Waals surface area contributed by atoms with Gasteiger partial charge in [0.05, 0.1) is 12.0 Å². The van der Waals surface area contributed by atoms with Gasteiger partial charge in [-0.25, -0.2) is 0 Å². The number of halogens is 1. The predicted octanol–water partition coefficient (Wildman–Crippen LogP) is 3.94. The first-order valence-corrected chi connectivity index (χ1v) is 9.56. The molecule has 1 aromatic rings. The van der Waals surface area contributed by atoms with Crippen molar-refractivity contribution >= 4 is 33.7 Å². The average molecular weight is 402 g/mol. The van der Waals surface area contributed by atoms with Gasteiger partial charge in [-0.05, 0) is 30.0 Å². The van der Waals surface area contributed by atoms with E-state index < -0.39 is 12.0 Å². The minimum absolute atomic E-state index is 0.000312. The lowest BCUT2D eigenvalue weighted by molar-refractivity contribution is -0.138. The van der Waals surface area contributed by atoms with Crippen molar-refractivity contribution in [3.05, 3.63) is 27.7 Å². The van der Waals surface area contributed by atoms with Crippen molar-refractivity contribution < 1.29 is 14.6 Å². The van der Waals surface area contributed by atoms with E-state index in [2.05, 4.69) is 61.1 Å². The Balaban J connectivity index is 1.98. The highest BCUT2D eigenvalue weighted by Gasteiger charge is 2.29. The monoisotopic (exact) mass is 401 g/mol. The van der Waals surface area contributed by atoms with Crippen LogP contribution in [0.15, 0.2) is 16.6 Å². The van der Waals surface area contributed by atoms with Gasteiger partial charge in [0.25, 0.3) is 0 Å². The Morgan fingerprint density at radius 2 is 2.17 bits per heavy atom. The molecule has 0 radical (unpaired) electrons. The molecule has 0 bridgehead atoms. The molecule has 1 aromatic carbocycles. The molecule has 1 aliphatic rings. The van der Waals surface area contributed by atoms with Crippen LogP contribution in [0.25, 0.3) is 0 Å². The molecule has 0 aromatic heterocycles. The maximum atomic E-state index is 11.0. The largest absolute Gasteiger partial charge is 0.493 e. The zero-order valence-electron chi connectivity index (χ0n) is 14.0. The lowest BCUT2D eigenvalue weighted by Crippen LogP contribution is -2.37. The molecule has 2 rings (SSSR count). The van der Waals surface area contributed by atoms with E-state index in [1.165, 1.54) is 5.56 Å². The Kier molecular flexibility index (Phi) is 6.03. The molecule has 23 heavy (non-hydrogen) atoms. The maximum absolute atomic E-state index is 11.0. The predicted molar refractivity (Wildman–Crippen MR) is 98.5 cm³/mol. The molecular formula is C17H24BrNO3S. The number of hydrogen-bond acceptors (Lipinski definition) is 4. The normalized spacial score (nSPS) is 21.4. The first kappa shape index (κ1) is 18.6. The minimum Gasteiger partial charge on any atom is -0.493 e. The second-order valence-electron chi connectivity index (χ2n) is 6.86. The van der Waals surface area contributed by atoms with Crippen LogP contribution in [0.2, 0.25) is 0 Å². The van der Waals surface area contributed by atoms with Crippen molar-refractivity contribution in [2.75, 3.05) is 12.4 Å². The Bertz CT molecular complexity index is 586. The van der Waals surface area contributed by atoms with Gasteiger partial charge in [-0.3, -0.25) is 10.1 Å². The quantitative estimate of drug-likeness (QED) is 0.782. The summed E-state index contributed by atoms with van der Waals surface area (Å²) in [7, 11) is 0. The van der Waals surface area contributed by atoms with Gasteiger partial charge < -0.3 is 9.84 Å². The van der Waals surface area contributed by atoms with E-state index in [0.717, 1.165) is 22.2 Å². The van der Waals surface area contributed by atoms with E-state index in [1.807, 2.05) is 0 Å². The lowest BCUT2D eigenvalue weighted by Gasteiger charge is -2.24. The molecule has 128 valence electrons. The molecule has 0 aliphatic carbocycles. The van der Waals surface area contributed by atoms with Crippen LogP contribution in [0.4, 0.5) is 0 Å². The molecule has 1 fully saturated rings. The van der Waals surface area contributed by atoms with Crippen LogP contribution in [0, 0.1) is 6.92 Å². The Morgan fingerprint density at radius 1 is 1.48 bits per heavy atom. The molecular weight excluding hydrogens is 378 g/mol. The Labute approximate surface area is 150 Å². The molecule has 2 unspecified atom stereocenters. The highest BCUT2D eigenvalue weighted by atomic mass is 79.9. The summed E-state index contributed by atoms with van der Waals surface area (Å²) in [5.41, 5.74) is 2.32. The summed E-state index contributed by atoms with van der Waals surface area (Å²) in [5.74, 6) is 0.750. The minimum atomic E-state index is -0.778. The number of carboxylic acid groups (broad SMARTS) is 1. The van der Waals surface area contributed by atoms with Crippen molar-refractivity contribution in [2.24, 2.45) is 0 Å². The number of nitrogens with one attached hydrogen (secondary N) is 1. The smallest absolute Gasteiger partial charge is 0.321 e. The van der Waals surface area contributed by atoms with Crippen LogP contribution < -0.4 is 10.1 Å². The fourth-order valence-electron chi connectivity index (χ4n) is 2.48. The van der Waals surface area contributed by atoms with Crippen molar-refractivity contribution in [3.8, 4) is 5.75 Å². The van der Waals surface area contributed by atoms with Crippen LogP contribution in [0.5, 0.6) is 5.75 Å². The molecule has 1 saturated heterocycles. The summed E-state index contributed by atoms with van der Waals surface area (Å²) in [6.07, 6.45) is 0.785. The lowest BCUT2D eigenvalue weighted by atomic mass is 9.86. The summed E-state index contributed by atoms with van der Waals surface area (Å²) in [5, 5.41) is 12.3. The van der Waals surface area contributed by atoms with Gasteiger partial charge in [0.2, 0.25) is 0 Å². The van der Waals surface area contributed by atoms with Gasteiger partial charge in [0.15, 0.2) is 0 Å². The Morgan fingerprint density at radius 3 is 2.74 bits per heavy atom. The molecule has 4 nitrogen and oxygen atoms in total. The highest BCUT2D eigenvalue weighted by Crippen LogP contribution is 2.36. The molecule has 1 aliphatic heterocycles. The van der Waals surface area contributed by atoms with Gasteiger partial charge >= 0.3 is 5.97 Å². The maximum Gasteiger partial charge on any atom is 0.321 e. The standard InChI is InChI=1S/C17H24BrNO3S/c1-10-7-14(11(8-12(10)18)17(2,3)4)22-6-5-15-19-13(9-23-15)16(20)21/h7-8,13,15,19H,5-6,9H2,1-4H3,(H,20,21). The number of carbonyl (C=O) groups is 1. The van der Waals surface area contributed by atoms with Crippen molar-refractivity contribution in [1.29, 1.82) is 0 Å². The van der Waals surface area contributed by atoms with Gasteiger partial charge in [-0.2, -0.15) is 0 Å². The molecule has 0 saturated carbocycles. The molecule has 0 amide bonds. The zero-order valence-corrected chi connectivity index (χ0v) is 16.4. The van der Waals surface area contributed by atoms with Crippen LogP contribution in [0.3, 0.4) is 0 Å². The number of thioether (sulfide) groups is 1. The van der Waals surface area contributed by atoms with E-state index >= 15 is 0 Å². The number of ether oxygens (including phenoxy) is 1. The van der Waals surface area contributed by atoms with E-state index in [9.17, 15) is 4.79 Å². The highest BCUT2D eigenvalue weighted by molar-refractivity contribution is 9.10. The third-order valence-corrected chi connectivity index (χ3v) is 6.01. The third-order valence-electron chi connectivity index (χ3n) is 3.86. The first-order valence-electron chi connectivity index (χ1n) is 7.72. The van der Waals surface area contributed by atoms with Gasteiger partial charge in [0, 0.05) is 22.2 Å². The van der Waals surface area contributed by atoms with Crippen LogP contribution >= 0.6 is 27.7 Å². The SMILES string of the molecule is Cc1cc(OCCC2NC(C(=O)O)CS2)c(C(C)(C)C)cc1Br. The summed E-state index contributed by atoms with van der Waals surface area (Å²) in [4.78, 5) is 11.0. The average Bonchev–Trinajstić information content (AvgIpc) is 2.90. The fourth-order valence-corrected chi connectivity index (χ4v) is 4.01. The molecule has 2 N–H and O–H groups in total. The van der Waals surface area contributed by atoms with Crippen molar-refractivity contribution in [1.82, 2.24) is 5.32 Å². The first-order chi connectivity index (χ1) is 10.7. The third kappa shape index (κ3) is 4.88. The zero-order chi connectivity index (χ0) is 17.2. The number of hydrogen-bond donors (Lipinski definition) is 2. The number of benzene rings is 1. The van der Waals surface area contributed by atoms with Crippen molar-refractivity contribution in [2.45, 2.75) is 50.9 Å². The number of carboxylic acids is 1. The van der Waals surface area contributed by atoms with E-state index in [1.54, 1.807) is 11.8 Å². The molecule has 1 heterocycles. The van der Waals surface area contributed by atoms with Crippen LogP contribution in [-0.4, -0.2) is 34.9 Å². The topological polar surface area (TPSA) is 58.6 Å². The summed E-state index contributed by atoms with van der Waals surface area (Å²) in [6, 6.07) is 3.76. The second-order valence-corrected chi connectivity index (χ2v) is 8.95. The van der Waals surface area contributed by atoms with Gasteiger partial charge in [-0.15, -0.1) is 11.8 Å². The van der Waals surface area contributed by atoms with E-state index in [4.69, 9.17) is 9.84 Å².